The first-order valence-electron chi connectivity index (χ1n) is 9.98. The summed E-state index contributed by atoms with van der Waals surface area (Å²) in [5.74, 6) is 0.132. The quantitative estimate of drug-likeness (QED) is 0.421. The number of nitrogens with zero attached hydrogens (tertiary/aromatic N) is 2. The molecule has 1 amide bonds. The van der Waals surface area contributed by atoms with E-state index < -0.39 is 0 Å². The Morgan fingerprint density at radius 1 is 1.13 bits per heavy atom. The summed E-state index contributed by atoms with van der Waals surface area (Å²) >= 11 is 1.27. The third-order valence-corrected chi connectivity index (χ3v) is 5.90. The van der Waals surface area contributed by atoms with E-state index in [2.05, 4.69) is 41.7 Å². The first-order valence-corrected chi connectivity index (χ1v) is 11.0. The van der Waals surface area contributed by atoms with Crippen LogP contribution in [-0.4, -0.2) is 47.1 Å². The third-order valence-electron chi connectivity index (χ3n) is 4.92. The summed E-state index contributed by atoms with van der Waals surface area (Å²) in [6, 6.07) is 20.3. The molecule has 2 aromatic carbocycles. The number of H-pyrrole nitrogens is 1. The summed E-state index contributed by atoms with van der Waals surface area (Å²) < 4.78 is 1.59. The van der Waals surface area contributed by atoms with Gasteiger partial charge in [-0.05, 0) is 12.0 Å². The van der Waals surface area contributed by atoms with Crippen LogP contribution in [0, 0.1) is 0 Å². The maximum absolute atomic E-state index is 12.4. The number of likely N-dealkylation sites (N-methyl/N-ethyl adjacent to an activating group) is 1. The van der Waals surface area contributed by atoms with E-state index in [1.165, 1.54) is 22.2 Å². The molecule has 7 nitrogen and oxygen atoms in total. The van der Waals surface area contributed by atoms with E-state index in [4.69, 9.17) is 0 Å². The SMILES string of the molecule is C[NH+](C)[C@@H](CNC(=O)CSc1n[nH]c(=O)n1CCc1ccccc1)c1ccccc1. The standard InChI is InChI=1S/C22H27N5O2S/c1-26(2)19(18-11-7-4-8-12-18)15-23-20(28)16-30-22-25-24-21(29)27(22)14-13-17-9-5-3-6-10-17/h3-12,19H,13-16H2,1-2H3,(H,23,28)(H,24,29)/p+1/t19-/m0/s1. The summed E-state index contributed by atoms with van der Waals surface area (Å²) in [6.07, 6.45) is 0.727. The molecule has 3 aromatic rings. The maximum Gasteiger partial charge on any atom is 0.343 e. The lowest BCUT2D eigenvalue weighted by atomic mass is 10.1. The summed E-state index contributed by atoms with van der Waals surface area (Å²) in [5, 5.41) is 10.1. The Bertz CT molecular complexity index is 986. The molecule has 0 fully saturated rings. The van der Waals surface area contributed by atoms with Crippen LogP contribution >= 0.6 is 11.8 Å². The van der Waals surface area contributed by atoms with Crippen molar-refractivity contribution in [3.05, 3.63) is 82.3 Å². The van der Waals surface area contributed by atoms with Crippen molar-refractivity contribution in [1.29, 1.82) is 0 Å². The third kappa shape index (κ3) is 6.08. The second-order valence-corrected chi connectivity index (χ2v) is 8.27. The van der Waals surface area contributed by atoms with Crippen molar-refractivity contribution >= 4 is 17.7 Å². The zero-order chi connectivity index (χ0) is 21.3. The second kappa shape index (κ2) is 10.8. The number of nitrogens with one attached hydrogen (secondary N) is 3. The lowest BCUT2D eigenvalue weighted by Gasteiger charge is -2.22. The van der Waals surface area contributed by atoms with Crippen LogP contribution in [0.2, 0.25) is 0 Å². The fourth-order valence-corrected chi connectivity index (χ4v) is 4.04. The van der Waals surface area contributed by atoms with Gasteiger partial charge in [0.25, 0.3) is 0 Å². The lowest BCUT2D eigenvalue weighted by Crippen LogP contribution is -3.07. The Morgan fingerprint density at radius 2 is 1.80 bits per heavy atom. The molecule has 0 bridgehead atoms. The van der Waals surface area contributed by atoms with Crippen LogP contribution < -0.4 is 15.9 Å². The van der Waals surface area contributed by atoms with Gasteiger partial charge in [0.05, 0.1) is 26.4 Å². The number of aromatic amines is 1. The molecule has 30 heavy (non-hydrogen) atoms. The van der Waals surface area contributed by atoms with Crippen molar-refractivity contribution in [3.63, 3.8) is 0 Å². The summed E-state index contributed by atoms with van der Waals surface area (Å²) in [5.41, 5.74) is 2.08. The number of carbonyl (C=O) groups is 1. The molecule has 0 aliphatic heterocycles. The van der Waals surface area contributed by atoms with Gasteiger partial charge in [-0.25, -0.2) is 9.89 Å². The van der Waals surface area contributed by atoms with Gasteiger partial charge < -0.3 is 10.2 Å². The fourth-order valence-electron chi connectivity index (χ4n) is 3.23. The number of hydrogen-bond acceptors (Lipinski definition) is 4. The van der Waals surface area contributed by atoms with E-state index in [1.807, 2.05) is 48.5 Å². The number of quaternary nitrogens is 1. The first-order chi connectivity index (χ1) is 14.5. The maximum atomic E-state index is 12.4. The van der Waals surface area contributed by atoms with E-state index >= 15 is 0 Å². The average molecular weight is 427 g/mol. The molecule has 158 valence electrons. The van der Waals surface area contributed by atoms with Crippen molar-refractivity contribution in [1.82, 2.24) is 20.1 Å². The normalized spacial score (nSPS) is 12.1. The minimum Gasteiger partial charge on any atom is -0.349 e. The molecule has 3 N–H and O–H groups in total. The molecule has 0 saturated heterocycles. The largest absolute Gasteiger partial charge is 0.349 e. The zero-order valence-corrected chi connectivity index (χ0v) is 18.1. The molecule has 0 unspecified atom stereocenters. The van der Waals surface area contributed by atoms with Gasteiger partial charge in [-0.15, -0.1) is 5.10 Å². The van der Waals surface area contributed by atoms with Crippen molar-refractivity contribution in [2.24, 2.45) is 0 Å². The molecule has 0 saturated carbocycles. The van der Waals surface area contributed by atoms with Gasteiger partial charge in [-0.1, -0.05) is 72.4 Å². The van der Waals surface area contributed by atoms with Crippen LogP contribution in [0.5, 0.6) is 0 Å². The predicted molar refractivity (Wildman–Crippen MR) is 119 cm³/mol. The highest BCUT2D eigenvalue weighted by Crippen LogP contribution is 2.14. The van der Waals surface area contributed by atoms with E-state index in [0.717, 1.165) is 12.0 Å². The topological polar surface area (TPSA) is 84.2 Å². The number of thioether (sulfide) groups is 1. The number of carbonyl (C=O) groups excluding carboxylic acids is 1. The Kier molecular flexibility index (Phi) is 7.87. The highest BCUT2D eigenvalue weighted by molar-refractivity contribution is 7.99. The van der Waals surface area contributed by atoms with Crippen LogP contribution in [0.4, 0.5) is 0 Å². The summed E-state index contributed by atoms with van der Waals surface area (Å²) in [6.45, 7) is 1.07. The molecular weight excluding hydrogens is 398 g/mol. The fraction of sp³-hybridized carbons (Fsp3) is 0.318. The smallest absolute Gasteiger partial charge is 0.343 e. The van der Waals surface area contributed by atoms with E-state index in [1.54, 1.807) is 4.57 Å². The molecule has 1 aromatic heterocycles. The number of hydrogen-bond donors (Lipinski definition) is 3. The van der Waals surface area contributed by atoms with Gasteiger partial charge in [0.2, 0.25) is 5.91 Å². The molecule has 1 atom stereocenters. The molecule has 8 heteroatoms. The molecular formula is C22H28N5O2S+. The molecule has 0 radical (unpaired) electrons. The number of rotatable bonds is 10. The van der Waals surface area contributed by atoms with Crippen LogP contribution in [0.15, 0.2) is 70.6 Å². The van der Waals surface area contributed by atoms with Crippen molar-refractivity contribution in [3.8, 4) is 0 Å². The first kappa shape index (κ1) is 21.9. The molecule has 3 rings (SSSR count). The number of amides is 1. The highest BCUT2D eigenvalue weighted by Gasteiger charge is 2.19. The number of aromatic nitrogens is 3. The zero-order valence-electron chi connectivity index (χ0n) is 17.3. The van der Waals surface area contributed by atoms with Gasteiger partial charge in [0.15, 0.2) is 5.16 Å². The summed E-state index contributed by atoms with van der Waals surface area (Å²) in [7, 11) is 4.15. The molecule has 0 aliphatic rings. The van der Waals surface area contributed by atoms with Gasteiger partial charge in [-0.3, -0.25) is 9.36 Å². The number of aryl methyl sites for hydroxylation is 1. The minimum absolute atomic E-state index is 0.0766. The van der Waals surface area contributed by atoms with E-state index in [9.17, 15) is 9.59 Å². The van der Waals surface area contributed by atoms with Crippen LogP contribution in [0.3, 0.4) is 0 Å². The number of benzene rings is 2. The molecule has 1 heterocycles. The van der Waals surface area contributed by atoms with Gasteiger partial charge in [-0.2, -0.15) is 0 Å². The second-order valence-electron chi connectivity index (χ2n) is 7.33. The Balaban J connectivity index is 1.53. The van der Waals surface area contributed by atoms with Gasteiger partial charge in [0.1, 0.15) is 6.04 Å². The van der Waals surface area contributed by atoms with Gasteiger partial charge in [0, 0.05) is 12.1 Å². The highest BCUT2D eigenvalue weighted by atomic mass is 32.2. The van der Waals surface area contributed by atoms with E-state index in [-0.39, 0.29) is 23.4 Å². The van der Waals surface area contributed by atoms with Gasteiger partial charge >= 0.3 is 5.69 Å². The van der Waals surface area contributed by atoms with Crippen LogP contribution in [0.1, 0.15) is 17.2 Å². The average Bonchev–Trinajstić information content (AvgIpc) is 3.11. The predicted octanol–water partition coefficient (Wildman–Crippen LogP) is 0.908. The van der Waals surface area contributed by atoms with Crippen molar-refractivity contribution in [2.45, 2.75) is 24.2 Å². The lowest BCUT2D eigenvalue weighted by molar-refractivity contribution is -0.890. The Labute approximate surface area is 180 Å². The summed E-state index contributed by atoms with van der Waals surface area (Å²) in [4.78, 5) is 25.7. The molecule has 0 aliphatic carbocycles. The minimum atomic E-state index is -0.255. The Morgan fingerprint density at radius 3 is 2.47 bits per heavy atom. The monoisotopic (exact) mass is 426 g/mol. The van der Waals surface area contributed by atoms with Crippen LogP contribution in [0.25, 0.3) is 0 Å². The van der Waals surface area contributed by atoms with Crippen LogP contribution in [-0.2, 0) is 17.8 Å². The van der Waals surface area contributed by atoms with E-state index in [0.29, 0.717) is 18.2 Å². The van der Waals surface area contributed by atoms with Crippen molar-refractivity contribution < 1.29 is 9.69 Å². The molecule has 0 spiro atoms. The Hall–Kier alpha value is -2.84. The van der Waals surface area contributed by atoms with Crippen molar-refractivity contribution in [2.75, 3.05) is 26.4 Å².